The van der Waals surface area contributed by atoms with Crippen LogP contribution in [-0.4, -0.2) is 28.9 Å². The molecule has 5 heteroatoms. The zero-order valence-corrected chi connectivity index (χ0v) is 12.3. The van der Waals surface area contributed by atoms with Gasteiger partial charge in [0.05, 0.1) is 17.8 Å². The standard InChI is InChI=1S/C17H18N4O/c1-21-16(12-9-5-6-10-18-12)13-14(11-7-3-2-4-8-11)19-20-15(13)17(21)22/h2-10,13-16,19-20H,1H3. The lowest BCUT2D eigenvalue weighted by atomic mass is 9.85. The molecule has 2 N–H and O–H groups in total. The number of pyridine rings is 1. The molecule has 0 spiro atoms. The van der Waals surface area contributed by atoms with Gasteiger partial charge in [0, 0.05) is 19.2 Å². The molecule has 0 saturated carbocycles. The maximum absolute atomic E-state index is 12.5. The van der Waals surface area contributed by atoms with E-state index < -0.39 is 0 Å². The van der Waals surface area contributed by atoms with Crippen molar-refractivity contribution in [2.75, 3.05) is 7.05 Å². The van der Waals surface area contributed by atoms with Crippen LogP contribution in [0.3, 0.4) is 0 Å². The third kappa shape index (κ3) is 1.94. The minimum Gasteiger partial charge on any atom is -0.335 e. The number of carbonyl (C=O) groups is 1. The van der Waals surface area contributed by atoms with Crippen molar-refractivity contribution in [3.8, 4) is 0 Å². The average Bonchev–Trinajstić information content (AvgIpc) is 3.10. The molecule has 2 fully saturated rings. The van der Waals surface area contributed by atoms with Crippen molar-refractivity contribution < 1.29 is 4.79 Å². The van der Waals surface area contributed by atoms with Crippen molar-refractivity contribution in [2.24, 2.45) is 5.92 Å². The van der Waals surface area contributed by atoms with Gasteiger partial charge in [-0.05, 0) is 17.7 Å². The number of likely N-dealkylation sites (tertiary alicyclic amines) is 1. The molecule has 4 atom stereocenters. The van der Waals surface area contributed by atoms with Crippen molar-refractivity contribution in [2.45, 2.75) is 18.1 Å². The Morgan fingerprint density at radius 3 is 2.45 bits per heavy atom. The lowest BCUT2D eigenvalue weighted by Crippen LogP contribution is -2.40. The second-order valence-electron chi connectivity index (χ2n) is 5.88. The fourth-order valence-corrected chi connectivity index (χ4v) is 3.68. The van der Waals surface area contributed by atoms with Gasteiger partial charge in [-0.3, -0.25) is 9.78 Å². The summed E-state index contributed by atoms with van der Waals surface area (Å²) >= 11 is 0. The summed E-state index contributed by atoms with van der Waals surface area (Å²) in [6.07, 6.45) is 1.79. The number of carbonyl (C=O) groups excluding carboxylic acids is 1. The zero-order chi connectivity index (χ0) is 15.1. The first kappa shape index (κ1) is 13.4. The van der Waals surface area contributed by atoms with E-state index in [1.54, 1.807) is 6.20 Å². The van der Waals surface area contributed by atoms with Crippen LogP contribution in [-0.2, 0) is 4.79 Å². The fraction of sp³-hybridized carbons (Fsp3) is 0.294. The Hall–Kier alpha value is -2.24. The van der Waals surface area contributed by atoms with Gasteiger partial charge in [-0.2, -0.15) is 0 Å². The highest BCUT2D eigenvalue weighted by Gasteiger charge is 2.54. The van der Waals surface area contributed by atoms with Gasteiger partial charge in [-0.15, -0.1) is 0 Å². The summed E-state index contributed by atoms with van der Waals surface area (Å²) in [5, 5.41) is 0. The number of amides is 1. The van der Waals surface area contributed by atoms with Crippen LogP contribution in [0, 0.1) is 5.92 Å². The van der Waals surface area contributed by atoms with Crippen molar-refractivity contribution in [3.63, 3.8) is 0 Å². The summed E-state index contributed by atoms with van der Waals surface area (Å²) in [7, 11) is 1.86. The van der Waals surface area contributed by atoms with E-state index in [9.17, 15) is 4.79 Å². The van der Waals surface area contributed by atoms with Crippen molar-refractivity contribution in [1.29, 1.82) is 0 Å². The van der Waals surface area contributed by atoms with Gasteiger partial charge < -0.3 is 4.90 Å². The SMILES string of the molecule is CN1C(=O)C2NNC(c3ccccc3)C2C1c1ccccn1. The number of fused-ring (bicyclic) bond motifs is 1. The van der Waals surface area contributed by atoms with Gasteiger partial charge in [0.2, 0.25) is 5.91 Å². The quantitative estimate of drug-likeness (QED) is 0.880. The van der Waals surface area contributed by atoms with Crippen molar-refractivity contribution in [1.82, 2.24) is 20.7 Å². The molecule has 1 aromatic heterocycles. The monoisotopic (exact) mass is 294 g/mol. The molecule has 0 radical (unpaired) electrons. The average molecular weight is 294 g/mol. The van der Waals surface area contributed by atoms with Crippen LogP contribution in [0.5, 0.6) is 0 Å². The molecule has 4 unspecified atom stereocenters. The zero-order valence-electron chi connectivity index (χ0n) is 12.3. The summed E-state index contributed by atoms with van der Waals surface area (Å²) in [4.78, 5) is 18.8. The first-order valence-electron chi connectivity index (χ1n) is 7.51. The smallest absolute Gasteiger partial charge is 0.241 e. The van der Waals surface area contributed by atoms with Gasteiger partial charge >= 0.3 is 0 Å². The lowest BCUT2D eigenvalue weighted by molar-refractivity contribution is -0.129. The molecule has 0 bridgehead atoms. The number of nitrogens with one attached hydrogen (secondary N) is 2. The maximum atomic E-state index is 12.5. The first-order valence-corrected chi connectivity index (χ1v) is 7.51. The van der Waals surface area contributed by atoms with E-state index in [1.165, 1.54) is 5.56 Å². The number of nitrogens with zero attached hydrogens (tertiary/aromatic N) is 2. The summed E-state index contributed by atoms with van der Waals surface area (Å²) in [5.41, 5.74) is 8.61. The fourth-order valence-electron chi connectivity index (χ4n) is 3.68. The van der Waals surface area contributed by atoms with Crippen LogP contribution in [0.4, 0.5) is 0 Å². The Morgan fingerprint density at radius 1 is 1.00 bits per heavy atom. The highest BCUT2D eigenvalue weighted by Crippen LogP contribution is 2.45. The van der Waals surface area contributed by atoms with Crippen LogP contribution in [0.15, 0.2) is 54.7 Å². The molecule has 0 aliphatic carbocycles. The molecule has 2 aromatic rings. The molecule has 1 aromatic carbocycles. The third-order valence-corrected chi connectivity index (χ3v) is 4.71. The molecule has 3 heterocycles. The van der Waals surface area contributed by atoms with Crippen molar-refractivity contribution in [3.05, 3.63) is 66.0 Å². The van der Waals surface area contributed by atoms with Crippen LogP contribution < -0.4 is 10.9 Å². The Bertz CT molecular complexity index is 676. The third-order valence-electron chi connectivity index (χ3n) is 4.71. The van der Waals surface area contributed by atoms with E-state index >= 15 is 0 Å². The summed E-state index contributed by atoms with van der Waals surface area (Å²) in [6.45, 7) is 0. The largest absolute Gasteiger partial charge is 0.335 e. The second kappa shape index (κ2) is 5.19. The molecule has 4 rings (SSSR count). The van der Waals surface area contributed by atoms with Crippen molar-refractivity contribution >= 4 is 5.91 Å². The van der Waals surface area contributed by atoms with Crippen LogP contribution in [0.1, 0.15) is 23.3 Å². The van der Waals surface area contributed by atoms with E-state index in [0.29, 0.717) is 0 Å². The summed E-state index contributed by atoms with van der Waals surface area (Å²) in [5.74, 6) is 0.237. The number of hydrogen-bond donors (Lipinski definition) is 2. The number of likely N-dealkylation sites (N-methyl/N-ethyl adjacent to an activating group) is 1. The minimum absolute atomic E-state index is 0.0218. The second-order valence-corrected chi connectivity index (χ2v) is 5.88. The van der Waals surface area contributed by atoms with Gasteiger partial charge in [0.15, 0.2) is 0 Å². The van der Waals surface area contributed by atoms with Gasteiger partial charge in [-0.25, -0.2) is 10.9 Å². The van der Waals surface area contributed by atoms with E-state index in [2.05, 4.69) is 28.0 Å². The number of rotatable bonds is 2. The van der Waals surface area contributed by atoms with E-state index in [0.717, 1.165) is 5.69 Å². The number of hydrazine groups is 1. The van der Waals surface area contributed by atoms with Crippen LogP contribution >= 0.6 is 0 Å². The summed E-state index contributed by atoms with van der Waals surface area (Å²) in [6, 6.07) is 16.0. The van der Waals surface area contributed by atoms with E-state index in [-0.39, 0.29) is 30.0 Å². The molecule has 112 valence electrons. The summed E-state index contributed by atoms with van der Waals surface area (Å²) < 4.78 is 0. The number of aromatic nitrogens is 1. The number of benzene rings is 1. The first-order chi connectivity index (χ1) is 10.8. The Morgan fingerprint density at radius 2 is 1.73 bits per heavy atom. The molecule has 1 amide bonds. The Kier molecular flexibility index (Phi) is 3.17. The van der Waals surface area contributed by atoms with Gasteiger partial charge in [0.1, 0.15) is 6.04 Å². The van der Waals surface area contributed by atoms with Gasteiger partial charge in [0.25, 0.3) is 0 Å². The van der Waals surface area contributed by atoms with Gasteiger partial charge in [-0.1, -0.05) is 36.4 Å². The Balaban J connectivity index is 1.76. The molecule has 2 saturated heterocycles. The number of hydrogen-bond acceptors (Lipinski definition) is 4. The molecular weight excluding hydrogens is 276 g/mol. The maximum Gasteiger partial charge on any atom is 0.241 e. The predicted octanol–water partition coefficient (Wildman–Crippen LogP) is 1.43. The topological polar surface area (TPSA) is 57.3 Å². The minimum atomic E-state index is -0.206. The highest BCUT2D eigenvalue weighted by molar-refractivity contribution is 5.85. The lowest BCUT2D eigenvalue weighted by Gasteiger charge is -2.27. The normalized spacial score (nSPS) is 30.6. The molecular formula is C17H18N4O. The van der Waals surface area contributed by atoms with E-state index in [1.807, 2.05) is 48.3 Å². The molecule has 2 aliphatic heterocycles. The predicted molar refractivity (Wildman–Crippen MR) is 82.5 cm³/mol. The molecule has 22 heavy (non-hydrogen) atoms. The Labute approximate surface area is 129 Å². The molecule has 2 aliphatic rings. The van der Waals surface area contributed by atoms with Crippen LogP contribution in [0.2, 0.25) is 0 Å². The van der Waals surface area contributed by atoms with Crippen LogP contribution in [0.25, 0.3) is 0 Å². The molecule has 5 nitrogen and oxygen atoms in total. The highest BCUT2D eigenvalue weighted by atomic mass is 16.2. The van der Waals surface area contributed by atoms with E-state index in [4.69, 9.17) is 0 Å².